The highest BCUT2D eigenvalue weighted by atomic mass is 19.1. The molecule has 0 aromatic heterocycles. The summed E-state index contributed by atoms with van der Waals surface area (Å²) in [4.78, 5) is 23.8. The molecule has 2 amide bonds. The highest BCUT2D eigenvalue weighted by Crippen LogP contribution is 2.29. The summed E-state index contributed by atoms with van der Waals surface area (Å²) in [5.41, 5.74) is 0.877. The molecule has 1 unspecified atom stereocenters. The van der Waals surface area contributed by atoms with E-state index >= 15 is 0 Å². The van der Waals surface area contributed by atoms with Gasteiger partial charge in [0.2, 0.25) is 0 Å². The van der Waals surface area contributed by atoms with E-state index < -0.39 is 11.9 Å². The number of benzene rings is 2. The molecule has 0 bridgehead atoms. The van der Waals surface area contributed by atoms with Crippen molar-refractivity contribution in [2.45, 2.75) is 12.5 Å². The molecule has 0 aliphatic carbocycles. The summed E-state index contributed by atoms with van der Waals surface area (Å²) < 4.78 is 18.7. The Morgan fingerprint density at radius 3 is 2.87 bits per heavy atom. The maximum atomic E-state index is 13.1. The molecular formula is C17H15FN2O3. The number of nitrogens with one attached hydrogen (secondary N) is 2. The summed E-state index contributed by atoms with van der Waals surface area (Å²) >= 11 is 0. The Morgan fingerprint density at radius 1 is 1.22 bits per heavy atom. The van der Waals surface area contributed by atoms with Gasteiger partial charge in [0.15, 0.2) is 6.10 Å². The molecular weight excluding hydrogens is 299 g/mol. The zero-order valence-corrected chi connectivity index (χ0v) is 12.2. The minimum atomic E-state index is -0.669. The Hall–Kier alpha value is -2.89. The molecule has 0 fully saturated rings. The van der Waals surface area contributed by atoms with Crippen LogP contribution in [0.3, 0.4) is 0 Å². The van der Waals surface area contributed by atoms with Crippen LogP contribution in [0.15, 0.2) is 48.5 Å². The van der Waals surface area contributed by atoms with Crippen LogP contribution in [0, 0.1) is 5.82 Å². The molecule has 1 aliphatic rings. The van der Waals surface area contributed by atoms with Gasteiger partial charge in [0.05, 0.1) is 5.69 Å². The minimum absolute atomic E-state index is 0.240. The fraction of sp³-hybridized carbons (Fsp3) is 0.176. The number of amides is 2. The highest BCUT2D eigenvalue weighted by Gasteiger charge is 2.26. The number of fused-ring (bicyclic) bond motifs is 1. The third-order valence-corrected chi connectivity index (χ3v) is 3.49. The monoisotopic (exact) mass is 314 g/mol. The third-order valence-electron chi connectivity index (χ3n) is 3.49. The maximum absolute atomic E-state index is 13.1. The van der Waals surface area contributed by atoms with Crippen molar-refractivity contribution in [1.82, 2.24) is 5.32 Å². The van der Waals surface area contributed by atoms with Crippen molar-refractivity contribution >= 4 is 17.5 Å². The van der Waals surface area contributed by atoms with E-state index in [0.29, 0.717) is 17.9 Å². The molecule has 2 aromatic rings. The van der Waals surface area contributed by atoms with Crippen LogP contribution >= 0.6 is 0 Å². The van der Waals surface area contributed by atoms with E-state index in [1.165, 1.54) is 18.2 Å². The molecule has 23 heavy (non-hydrogen) atoms. The summed E-state index contributed by atoms with van der Waals surface area (Å²) in [5, 5.41) is 5.41. The predicted molar refractivity (Wildman–Crippen MR) is 82.8 cm³/mol. The molecule has 0 saturated carbocycles. The van der Waals surface area contributed by atoms with Gasteiger partial charge in [-0.25, -0.2) is 4.39 Å². The summed E-state index contributed by atoms with van der Waals surface area (Å²) in [6, 6.07) is 12.6. The topological polar surface area (TPSA) is 67.4 Å². The van der Waals surface area contributed by atoms with Gasteiger partial charge in [-0.1, -0.05) is 18.2 Å². The van der Waals surface area contributed by atoms with Crippen molar-refractivity contribution in [1.29, 1.82) is 0 Å². The van der Waals surface area contributed by atoms with Crippen LogP contribution < -0.4 is 15.4 Å². The molecule has 2 N–H and O–H groups in total. The first kappa shape index (κ1) is 15.0. The number of hydrogen-bond donors (Lipinski definition) is 2. The second-order valence-corrected chi connectivity index (χ2v) is 5.15. The second kappa shape index (κ2) is 6.48. The Morgan fingerprint density at radius 2 is 2.04 bits per heavy atom. The van der Waals surface area contributed by atoms with Crippen molar-refractivity contribution in [3.63, 3.8) is 0 Å². The quantitative estimate of drug-likeness (QED) is 0.910. The van der Waals surface area contributed by atoms with Crippen LogP contribution in [0.1, 0.15) is 16.8 Å². The number of ether oxygens (including phenoxy) is 1. The fourth-order valence-electron chi connectivity index (χ4n) is 2.33. The zero-order valence-electron chi connectivity index (χ0n) is 12.2. The fourth-order valence-corrected chi connectivity index (χ4v) is 2.33. The first-order valence-electron chi connectivity index (χ1n) is 7.24. The van der Waals surface area contributed by atoms with Gasteiger partial charge < -0.3 is 15.4 Å². The molecule has 118 valence electrons. The van der Waals surface area contributed by atoms with Gasteiger partial charge in [-0.05, 0) is 30.3 Å². The van der Waals surface area contributed by atoms with E-state index in [-0.39, 0.29) is 23.9 Å². The van der Waals surface area contributed by atoms with Gasteiger partial charge in [0.25, 0.3) is 11.8 Å². The van der Waals surface area contributed by atoms with Gasteiger partial charge in [0, 0.05) is 18.5 Å². The Balaban J connectivity index is 1.55. The Bertz CT molecular complexity index is 748. The number of carbonyl (C=O) groups is 2. The van der Waals surface area contributed by atoms with E-state index in [0.717, 1.165) is 6.07 Å². The zero-order chi connectivity index (χ0) is 16.2. The molecule has 6 heteroatoms. The van der Waals surface area contributed by atoms with Crippen molar-refractivity contribution in [3.05, 3.63) is 59.9 Å². The van der Waals surface area contributed by atoms with E-state index in [1.54, 1.807) is 12.1 Å². The molecule has 5 nitrogen and oxygen atoms in total. The van der Waals surface area contributed by atoms with Gasteiger partial charge in [-0.2, -0.15) is 0 Å². The van der Waals surface area contributed by atoms with Crippen LogP contribution in [0.25, 0.3) is 0 Å². The smallest absolute Gasteiger partial charge is 0.265 e. The van der Waals surface area contributed by atoms with E-state index in [2.05, 4.69) is 10.6 Å². The van der Waals surface area contributed by atoms with Crippen LogP contribution in [0.2, 0.25) is 0 Å². The molecule has 0 saturated heterocycles. The van der Waals surface area contributed by atoms with E-state index in [1.807, 2.05) is 12.1 Å². The SMILES string of the molecule is O=C(NCCC1Oc2ccccc2NC1=O)c1cccc(F)c1. The van der Waals surface area contributed by atoms with Crippen molar-refractivity contribution in [2.75, 3.05) is 11.9 Å². The summed E-state index contributed by atoms with van der Waals surface area (Å²) in [7, 11) is 0. The van der Waals surface area contributed by atoms with Crippen molar-refractivity contribution < 1.29 is 18.7 Å². The number of anilines is 1. The molecule has 1 heterocycles. The first-order chi connectivity index (χ1) is 11.1. The molecule has 1 aliphatic heterocycles. The molecule has 3 rings (SSSR count). The molecule has 2 aromatic carbocycles. The third kappa shape index (κ3) is 3.48. The lowest BCUT2D eigenvalue weighted by Crippen LogP contribution is -2.39. The Kier molecular flexibility index (Phi) is 4.23. The average molecular weight is 314 g/mol. The summed E-state index contributed by atoms with van der Waals surface area (Å²) in [6.07, 6.45) is -0.348. The van der Waals surface area contributed by atoms with Crippen LogP contribution in [-0.4, -0.2) is 24.5 Å². The summed E-state index contributed by atoms with van der Waals surface area (Å²) in [6.45, 7) is 0.246. The minimum Gasteiger partial charge on any atom is -0.478 e. The Labute approximate surface area is 132 Å². The van der Waals surface area contributed by atoms with Crippen molar-refractivity contribution in [2.24, 2.45) is 0 Å². The number of rotatable bonds is 4. The molecule has 1 atom stereocenters. The number of carbonyl (C=O) groups excluding carboxylic acids is 2. The standard InChI is InChI=1S/C17H15FN2O3/c18-12-5-3-4-11(10-12)16(21)19-9-8-15-17(22)20-13-6-1-2-7-14(13)23-15/h1-7,10,15H,8-9H2,(H,19,21)(H,20,22). The average Bonchev–Trinajstić information content (AvgIpc) is 2.55. The van der Waals surface area contributed by atoms with E-state index in [9.17, 15) is 14.0 Å². The van der Waals surface area contributed by atoms with Gasteiger partial charge >= 0.3 is 0 Å². The van der Waals surface area contributed by atoms with Crippen LogP contribution in [0.4, 0.5) is 10.1 Å². The van der Waals surface area contributed by atoms with Crippen LogP contribution in [-0.2, 0) is 4.79 Å². The lowest BCUT2D eigenvalue weighted by molar-refractivity contribution is -0.123. The molecule has 0 radical (unpaired) electrons. The second-order valence-electron chi connectivity index (χ2n) is 5.15. The predicted octanol–water partition coefficient (Wildman–Crippen LogP) is 2.35. The lowest BCUT2D eigenvalue weighted by atomic mass is 10.1. The largest absolute Gasteiger partial charge is 0.478 e. The summed E-state index contributed by atoms with van der Waals surface area (Å²) in [5.74, 6) is -0.498. The van der Waals surface area contributed by atoms with E-state index in [4.69, 9.17) is 4.74 Å². The number of halogens is 1. The highest BCUT2D eigenvalue weighted by molar-refractivity contribution is 5.98. The van der Waals surface area contributed by atoms with Crippen LogP contribution in [0.5, 0.6) is 5.75 Å². The maximum Gasteiger partial charge on any atom is 0.265 e. The number of hydrogen-bond acceptors (Lipinski definition) is 3. The van der Waals surface area contributed by atoms with Gasteiger partial charge in [-0.15, -0.1) is 0 Å². The number of para-hydroxylation sites is 2. The lowest BCUT2D eigenvalue weighted by Gasteiger charge is -2.25. The molecule has 0 spiro atoms. The normalized spacial score (nSPS) is 16.0. The van der Waals surface area contributed by atoms with Gasteiger partial charge in [-0.3, -0.25) is 9.59 Å². The first-order valence-corrected chi connectivity index (χ1v) is 7.24. The van der Waals surface area contributed by atoms with Crippen molar-refractivity contribution in [3.8, 4) is 5.75 Å². The van der Waals surface area contributed by atoms with Gasteiger partial charge in [0.1, 0.15) is 11.6 Å².